The van der Waals surface area contributed by atoms with E-state index in [2.05, 4.69) is 34.1 Å². The summed E-state index contributed by atoms with van der Waals surface area (Å²) in [7, 11) is -2.30. The molecule has 0 unspecified atom stereocenters. The summed E-state index contributed by atoms with van der Waals surface area (Å²) >= 11 is 0. The summed E-state index contributed by atoms with van der Waals surface area (Å²) in [5, 5.41) is 5.98. The van der Waals surface area contributed by atoms with Crippen LogP contribution in [-0.2, 0) is 40.3 Å². The number of ether oxygens (including phenoxy) is 4. The molecule has 4 saturated carbocycles. The molecule has 2 aliphatic heterocycles. The minimum Gasteiger partial charge on any atom is -0.490 e. The number of nitrogens with zero attached hydrogens (tertiary/aromatic N) is 2. The second-order valence-corrected chi connectivity index (χ2v) is 19.3. The lowest BCUT2D eigenvalue weighted by atomic mass is 9.96. The number of methoxy groups -OCH3 is 1. The lowest BCUT2D eigenvalue weighted by molar-refractivity contribution is -0.142. The summed E-state index contributed by atoms with van der Waals surface area (Å²) in [5.74, 6) is -1.52. The van der Waals surface area contributed by atoms with Crippen molar-refractivity contribution >= 4 is 44.7 Å². The molecule has 324 valence electrons. The van der Waals surface area contributed by atoms with Gasteiger partial charge in [0.25, 0.3) is 5.91 Å². The number of amides is 4. The normalized spacial score (nSPS) is 30.4. The van der Waals surface area contributed by atoms with E-state index in [1.807, 2.05) is 24.3 Å². The van der Waals surface area contributed by atoms with E-state index >= 15 is 0 Å². The van der Waals surface area contributed by atoms with Crippen molar-refractivity contribution in [3.05, 3.63) is 54.6 Å². The fraction of sp³-hybridized carbons (Fsp3) is 0.614. The molecule has 1 saturated heterocycles. The highest BCUT2D eigenvalue weighted by Crippen LogP contribution is 2.46. The Kier molecular flexibility index (Phi) is 12.4. The molecule has 0 radical (unpaired) electrons. The topological polar surface area (TPSA) is 192 Å². The Morgan fingerprint density at radius 2 is 1.80 bits per heavy atom. The smallest absolute Gasteiger partial charge is 0.408 e. The van der Waals surface area contributed by atoms with Crippen LogP contribution in [0.15, 0.2) is 49.1 Å². The number of nitrogens with one attached hydrogen (secondary N) is 3. The number of aromatic nitrogens is 1. The Morgan fingerprint density at radius 3 is 2.55 bits per heavy atom. The summed E-state index contributed by atoms with van der Waals surface area (Å²) in [6.45, 7) is 4.45. The number of carbonyl (C=O) groups excluding carboxylic acids is 4. The molecule has 2 aromatic rings. The number of fused-ring (bicyclic) bond motifs is 5. The van der Waals surface area contributed by atoms with Gasteiger partial charge >= 0.3 is 6.09 Å². The lowest BCUT2D eigenvalue weighted by Gasteiger charge is -2.32. The molecule has 0 spiro atoms. The van der Waals surface area contributed by atoms with E-state index in [4.69, 9.17) is 23.9 Å². The van der Waals surface area contributed by atoms with Gasteiger partial charge in [0.1, 0.15) is 42.2 Å². The summed E-state index contributed by atoms with van der Waals surface area (Å²) < 4.78 is 52.5. The largest absolute Gasteiger partial charge is 0.490 e. The molecule has 4 amide bonds. The second-order valence-electron chi connectivity index (χ2n) is 17.3. The Balaban J connectivity index is 1.16. The number of para-hydroxylation sites is 1. The van der Waals surface area contributed by atoms with E-state index in [0.29, 0.717) is 48.6 Å². The third-order valence-electron chi connectivity index (χ3n) is 13.3. The van der Waals surface area contributed by atoms with Crippen LogP contribution in [0.2, 0.25) is 0 Å². The molecule has 15 nitrogen and oxygen atoms in total. The number of alkyl carbamates (subject to hydrolysis) is 1. The van der Waals surface area contributed by atoms with Crippen LogP contribution >= 0.6 is 0 Å². The maximum atomic E-state index is 15.0. The molecule has 6 aliphatic rings. The van der Waals surface area contributed by atoms with E-state index in [1.54, 1.807) is 7.11 Å². The van der Waals surface area contributed by atoms with Crippen LogP contribution < -0.4 is 24.8 Å². The van der Waals surface area contributed by atoms with Crippen molar-refractivity contribution in [3.63, 3.8) is 0 Å². The minimum absolute atomic E-state index is 0.0225. The lowest BCUT2D eigenvalue weighted by Crippen LogP contribution is -2.59. The van der Waals surface area contributed by atoms with E-state index < -0.39 is 68.7 Å². The van der Waals surface area contributed by atoms with Gasteiger partial charge in [0.05, 0.1) is 29.5 Å². The number of sulfonamides is 1. The summed E-state index contributed by atoms with van der Waals surface area (Å²) in [6, 6.07) is 5.52. The average molecular weight is 848 g/mol. The van der Waals surface area contributed by atoms with Crippen molar-refractivity contribution in [2.75, 3.05) is 26.9 Å². The molecule has 3 heterocycles. The van der Waals surface area contributed by atoms with Crippen LogP contribution in [0.3, 0.4) is 0 Å². The molecule has 60 heavy (non-hydrogen) atoms. The zero-order valence-electron chi connectivity index (χ0n) is 34.3. The van der Waals surface area contributed by atoms with Crippen LogP contribution in [0.4, 0.5) is 4.79 Å². The third-order valence-corrected chi connectivity index (χ3v) is 15.1. The van der Waals surface area contributed by atoms with Gasteiger partial charge in [-0.3, -0.25) is 19.1 Å². The Bertz CT molecular complexity index is 2120. The average Bonchev–Trinajstić information content (AvgIpc) is 4.02. The van der Waals surface area contributed by atoms with E-state index in [1.165, 1.54) is 11.0 Å². The van der Waals surface area contributed by atoms with E-state index in [9.17, 15) is 27.6 Å². The van der Waals surface area contributed by atoms with Crippen molar-refractivity contribution in [1.29, 1.82) is 0 Å². The molecule has 4 aliphatic carbocycles. The molecule has 1 aromatic heterocycles. The number of rotatable bonds is 11. The van der Waals surface area contributed by atoms with Gasteiger partial charge in [-0.1, -0.05) is 43.2 Å². The first-order valence-corrected chi connectivity index (χ1v) is 23.2. The zero-order valence-corrected chi connectivity index (χ0v) is 35.1. The van der Waals surface area contributed by atoms with Gasteiger partial charge < -0.3 is 34.5 Å². The zero-order chi connectivity index (χ0) is 42.0. The van der Waals surface area contributed by atoms with Gasteiger partial charge in [-0.2, -0.15) is 0 Å². The molecule has 8 rings (SSSR count). The molecular formula is C44H57N5O10S. The maximum absolute atomic E-state index is 15.0. The van der Waals surface area contributed by atoms with Gasteiger partial charge in [0.15, 0.2) is 0 Å². The highest BCUT2D eigenvalue weighted by Gasteiger charge is 2.62. The highest BCUT2D eigenvalue weighted by molar-refractivity contribution is 7.91. The fourth-order valence-electron chi connectivity index (χ4n) is 9.69. The Hall–Kier alpha value is -4.70. The fourth-order valence-corrected chi connectivity index (χ4v) is 11.1. The van der Waals surface area contributed by atoms with Crippen molar-refractivity contribution < 1.29 is 46.5 Å². The van der Waals surface area contributed by atoms with Gasteiger partial charge in [0, 0.05) is 24.8 Å². The monoisotopic (exact) mass is 847 g/mol. The summed E-state index contributed by atoms with van der Waals surface area (Å²) in [6.07, 6.45) is 13.0. The predicted molar refractivity (Wildman–Crippen MR) is 221 cm³/mol. The first-order chi connectivity index (χ1) is 29.0. The van der Waals surface area contributed by atoms with Crippen LogP contribution in [0.5, 0.6) is 11.6 Å². The Labute approximate surface area is 351 Å². The quantitative estimate of drug-likeness (QED) is 0.211. The summed E-state index contributed by atoms with van der Waals surface area (Å²) in [4.78, 5) is 63.4. The molecule has 7 atom stereocenters. The molecule has 2 bridgehead atoms. The Morgan fingerprint density at radius 1 is 1.02 bits per heavy atom. The van der Waals surface area contributed by atoms with E-state index in [0.717, 1.165) is 63.2 Å². The van der Waals surface area contributed by atoms with Gasteiger partial charge in [0.2, 0.25) is 27.7 Å². The molecule has 5 fully saturated rings. The minimum atomic E-state index is -3.91. The number of pyridine rings is 1. The van der Waals surface area contributed by atoms with Crippen LogP contribution in [-0.4, -0.2) is 104 Å². The SMILES string of the molecule is C=C[C@@H]1C[C@]1(NC(=O)[C@@H]1C[C@@H]2CN1C(=O)[C@H](C1CCCC1)NC(=O)O[C@@H]1CCC[C@H]1CC/C=C\Cc1c(nc3ccccc3c1OCCOC)O2)C(=O)NS(=O)(=O)C1CC1. The number of hydrogen-bond acceptors (Lipinski definition) is 11. The van der Waals surface area contributed by atoms with Gasteiger partial charge in [-0.05, 0) is 94.6 Å². The summed E-state index contributed by atoms with van der Waals surface area (Å²) in [5.41, 5.74) is -0.200. The highest BCUT2D eigenvalue weighted by atomic mass is 32.2. The molecule has 16 heteroatoms. The molecule has 1 aromatic carbocycles. The maximum Gasteiger partial charge on any atom is 0.408 e. The van der Waals surface area contributed by atoms with Gasteiger partial charge in [-0.25, -0.2) is 18.2 Å². The standard InChI is InChI=1S/C44H57N5O10S/c1-3-29-25-44(29,42(52)48-60(54,55)31-20-21-31)47-39(50)35-24-30-26-49(35)41(51)37(28-13-7-8-14-28)46-43(53)59-36-19-11-15-27(36)12-5-4-6-17-33-38(57-23-22-56-2)32-16-9-10-18-34(32)45-40(33)58-30/h3-4,6,9-10,16,18,27-31,35-37H,1,5,7-8,11-15,17,19-26H2,2H3,(H,46,53)(H,47,50)(H,48,52)/b6-4-/t27-,29-,30-,35+,36-,37+,44-/m1/s1. The van der Waals surface area contributed by atoms with Crippen LogP contribution in [0.1, 0.15) is 89.0 Å². The number of hydrogen-bond donors (Lipinski definition) is 3. The van der Waals surface area contributed by atoms with Crippen molar-refractivity contribution in [2.45, 2.75) is 125 Å². The van der Waals surface area contributed by atoms with Crippen LogP contribution in [0.25, 0.3) is 10.9 Å². The third kappa shape index (κ3) is 8.86. The second kappa shape index (κ2) is 17.7. The van der Waals surface area contributed by atoms with Crippen LogP contribution in [0, 0.1) is 17.8 Å². The van der Waals surface area contributed by atoms with Crippen molar-refractivity contribution in [3.8, 4) is 11.6 Å². The van der Waals surface area contributed by atoms with Gasteiger partial charge in [-0.15, -0.1) is 6.58 Å². The molecule has 3 N–H and O–H groups in total. The number of carbonyl (C=O) groups is 4. The van der Waals surface area contributed by atoms with Crippen molar-refractivity contribution in [1.82, 2.24) is 25.2 Å². The number of benzene rings is 1. The first-order valence-electron chi connectivity index (χ1n) is 21.6. The first kappa shape index (κ1) is 42.0. The predicted octanol–water partition coefficient (Wildman–Crippen LogP) is 4.62. The number of allylic oxidation sites excluding steroid dienone is 2. The van der Waals surface area contributed by atoms with E-state index in [-0.39, 0.29) is 43.9 Å². The molecular weight excluding hydrogens is 791 g/mol. The van der Waals surface area contributed by atoms with Crippen molar-refractivity contribution in [2.24, 2.45) is 17.8 Å².